The van der Waals surface area contributed by atoms with Crippen molar-refractivity contribution >= 4 is 5.78 Å². The van der Waals surface area contributed by atoms with Crippen molar-refractivity contribution in [1.82, 2.24) is 0 Å². The van der Waals surface area contributed by atoms with Gasteiger partial charge in [0.05, 0.1) is 0 Å². The molecule has 0 spiro atoms. The molecule has 0 atom stereocenters. The minimum Gasteiger partial charge on any atom is -0.285 e. The Kier molecular flexibility index (Phi) is 3.98. The fraction of sp³-hybridized carbons (Fsp3) is 0.438. The van der Waals surface area contributed by atoms with E-state index in [9.17, 15) is 4.79 Å². The van der Waals surface area contributed by atoms with Crippen molar-refractivity contribution in [3.05, 3.63) is 35.4 Å². The number of aryl methyl sites for hydroxylation is 1. The molecule has 2 rings (SSSR count). The van der Waals surface area contributed by atoms with E-state index in [-0.39, 0.29) is 11.7 Å². The van der Waals surface area contributed by atoms with Crippen LogP contribution < -0.4 is 0 Å². The van der Waals surface area contributed by atoms with Crippen LogP contribution in [0.25, 0.3) is 0 Å². The summed E-state index contributed by atoms with van der Waals surface area (Å²) in [7, 11) is 0. The Hall–Kier alpha value is -1.55. The van der Waals surface area contributed by atoms with Crippen molar-refractivity contribution in [2.45, 2.75) is 39.0 Å². The molecular formula is C16H18O. The van der Waals surface area contributed by atoms with Crippen LogP contribution in [-0.4, -0.2) is 5.78 Å². The largest absolute Gasteiger partial charge is 0.285 e. The lowest BCUT2D eigenvalue weighted by Gasteiger charge is -2.17. The van der Waals surface area contributed by atoms with Crippen LogP contribution in [0.3, 0.4) is 0 Å². The van der Waals surface area contributed by atoms with Gasteiger partial charge in [-0.2, -0.15) is 0 Å². The molecule has 1 aliphatic carbocycles. The first-order valence-corrected chi connectivity index (χ1v) is 6.38. The molecule has 1 aromatic rings. The fourth-order valence-electron chi connectivity index (χ4n) is 2.24. The lowest BCUT2D eigenvalue weighted by atomic mass is 9.86. The Morgan fingerprint density at radius 2 is 1.76 bits per heavy atom. The van der Waals surface area contributed by atoms with Gasteiger partial charge in [0.25, 0.3) is 0 Å². The maximum absolute atomic E-state index is 11.9. The maximum atomic E-state index is 11.9. The number of ketones is 1. The summed E-state index contributed by atoms with van der Waals surface area (Å²) in [6.07, 6.45) is 5.70. The van der Waals surface area contributed by atoms with Crippen molar-refractivity contribution in [1.29, 1.82) is 0 Å². The molecule has 0 saturated heterocycles. The zero-order chi connectivity index (χ0) is 12.1. The van der Waals surface area contributed by atoms with E-state index in [2.05, 4.69) is 11.8 Å². The second-order valence-corrected chi connectivity index (χ2v) is 4.82. The molecule has 88 valence electrons. The van der Waals surface area contributed by atoms with E-state index >= 15 is 0 Å². The molecule has 0 aromatic heterocycles. The van der Waals surface area contributed by atoms with Crippen molar-refractivity contribution < 1.29 is 4.79 Å². The highest BCUT2D eigenvalue weighted by atomic mass is 16.1. The molecule has 0 aliphatic heterocycles. The summed E-state index contributed by atoms with van der Waals surface area (Å²) in [5.74, 6) is 6.09. The third kappa shape index (κ3) is 3.46. The first kappa shape index (κ1) is 11.9. The number of benzene rings is 1. The van der Waals surface area contributed by atoms with Gasteiger partial charge in [0.15, 0.2) is 0 Å². The second-order valence-electron chi connectivity index (χ2n) is 4.82. The predicted molar refractivity (Wildman–Crippen MR) is 69.6 cm³/mol. The van der Waals surface area contributed by atoms with E-state index in [0.29, 0.717) is 0 Å². The third-order valence-electron chi connectivity index (χ3n) is 3.36. The van der Waals surface area contributed by atoms with E-state index in [1.807, 2.05) is 31.2 Å². The first-order valence-electron chi connectivity index (χ1n) is 6.38. The van der Waals surface area contributed by atoms with E-state index in [0.717, 1.165) is 18.4 Å². The van der Waals surface area contributed by atoms with E-state index in [4.69, 9.17) is 0 Å². The number of Topliss-reactive ketones (excluding diaryl/α,β-unsaturated/α-hetero) is 1. The molecule has 0 unspecified atom stereocenters. The van der Waals surface area contributed by atoms with Crippen molar-refractivity contribution in [2.24, 2.45) is 5.92 Å². The summed E-state index contributed by atoms with van der Waals surface area (Å²) in [5, 5.41) is 0. The molecule has 1 heteroatoms. The summed E-state index contributed by atoms with van der Waals surface area (Å²) in [4.78, 5) is 11.9. The van der Waals surface area contributed by atoms with Crippen LogP contribution in [0.2, 0.25) is 0 Å². The Morgan fingerprint density at radius 1 is 1.12 bits per heavy atom. The number of hydrogen-bond donors (Lipinski definition) is 0. The minimum absolute atomic E-state index is 0.130. The molecule has 1 nitrogen and oxygen atoms in total. The Morgan fingerprint density at radius 3 is 2.41 bits per heavy atom. The average Bonchev–Trinajstić information content (AvgIpc) is 2.39. The highest BCUT2D eigenvalue weighted by Crippen LogP contribution is 2.23. The molecule has 0 radical (unpaired) electrons. The van der Waals surface area contributed by atoms with Crippen LogP contribution >= 0.6 is 0 Å². The highest BCUT2D eigenvalue weighted by Gasteiger charge is 2.19. The van der Waals surface area contributed by atoms with Gasteiger partial charge in [0.1, 0.15) is 0 Å². The van der Waals surface area contributed by atoms with Gasteiger partial charge in [-0.25, -0.2) is 0 Å². The molecule has 1 fully saturated rings. The van der Waals surface area contributed by atoms with Crippen LogP contribution in [0.15, 0.2) is 24.3 Å². The summed E-state index contributed by atoms with van der Waals surface area (Å²) < 4.78 is 0. The Labute approximate surface area is 103 Å². The van der Waals surface area contributed by atoms with Gasteiger partial charge in [-0.1, -0.05) is 42.9 Å². The normalized spacial score (nSPS) is 16.1. The molecule has 1 saturated carbocycles. The zero-order valence-electron chi connectivity index (χ0n) is 10.3. The molecule has 1 aliphatic rings. The quantitative estimate of drug-likeness (QED) is 0.670. The van der Waals surface area contributed by atoms with Gasteiger partial charge in [-0.05, 0) is 37.8 Å². The maximum Gasteiger partial charge on any atom is 0.208 e. The molecule has 0 N–H and O–H groups in total. The van der Waals surface area contributed by atoms with Crippen molar-refractivity contribution in [3.8, 4) is 11.8 Å². The monoisotopic (exact) mass is 226 g/mol. The summed E-state index contributed by atoms with van der Waals surface area (Å²) in [6.45, 7) is 2.05. The first-order chi connectivity index (χ1) is 8.25. The lowest BCUT2D eigenvalue weighted by Crippen LogP contribution is -2.15. The topological polar surface area (TPSA) is 17.1 Å². The number of carbonyl (C=O) groups excluding carboxylic acids is 1. The van der Waals surface area contributed by atoms with E-state index in [1.165, 1.54) is 24.8 Å². The smallest absolute Gasteiger partial charge is 0.208 e. The van der Waals surface area contributed by atoms with Gasteiger partial charge < -0.3 is 0 Å². The summed E-state index contributed by atoms with van der Waals surface area (Å²) >= 11 is 0. The van der Waals surface area contributed by atoms with E-state index < -0.39 is 0 Å². The number of rotatable bonds is 1. The van der Waals surface area contributed by atoms with Crippen LogP contribution in [-0.2, 0) is 4.79 Å². The molecule has 0 bridgehead atoms. The van der Waals surface area contributed by atoms with Crippen LogP contribution in [0.1, 0.15) is 43.2 Å². The number of carbonyl (C=O) groups is 1. The van der Waals surface area contributed by atoms with Crippen LogP contribution in [0, 0.1) is 24.7 Å². The summed E-state index contributed by atoms with van der Waals surface area (Å²) in [5.41, 5.74) is 2.15. The van der Waals surface area contributed by atoms with Gasteiger partial charge in [0, 0.05) is 11.5 Å². The Bertz CT molecular complexity index is 439. The molecular weight excluding hydrogens is 208 g/mol. The fourth-order valence-corrected chi connectivity index (χ4v) is 2.24. The molecule has 0 heterocycles. The van der Waals surface area contributed by atoms with Gasteiger partial charge in [0.2, 0.25) is 5.78 Å². The van der Waals surface area contributed by atoms with Gasteiger partial charge in [-0.15, -0.1) is 0 Å². The summed E-state index contributed by atoms with van der Waals surface area (Å²) in [6, 6.07) is 7.98. The van der Waals surface area contributed by atoms with Gasteiger partial charge >= 0.3 is 0 Å². The van der Waals surface area contributed by atoms with Crippen molar-refractivity contribution in [2.75, 3.05) is 0 Å². The Balaban J connectivity index is 2.00. The van der Waals surface area contributed by atoms with Crippen LogP contribution in [0.4, 0.5) is 0 Å². The zero-order valence-corrected chi connectivity index (χ0v) is 10.3. The van der Waals surface area contributed by atoms with Crippen LogP contribution in [0.5, 0.6) is 0 Å². The van der Waals surface area contributed by atoms with Gasteiger partial charge in [-0.3, -0.25) is 4.79 Å². The lowest BCUT2D eigenvalue weighted by molar-refractivity contribution is -0.118. The molecule has 17 heavy (non-hydrogen) atoms. The molecule has 0 amide bonds. The van der Waals surface area contributed by atoms with Crippen molar-refractivity contribution in [3.63, 3.8) is 0 Å². The highest BCUT2D eigenvalue weighted by molar-refractivity contribution is 5.97. The standard InChI is InChI=1S/C16H18O/c1-13-7-9-14(10-8-13)11-12-16(17)15-5-3-2-4-6-15/h7-10,15H,2-6H2,1H3. The van der Waals surface area contributed by atoms with E-state index in [1.54, 1.807) is 0 Å². The molecule has 1 aromatic carbocycles. The third-order valence-corrected chi connectivity index (χ3v) is 3.36. The second kappa shape index (κ2) is 5.68. The minimum atomic E-state index is 0.130. The average molecular weight is 226 g/mol. The number of hydrogen-bond acceptors (Lipinski definition) is 1. The SMILES string of the molecule is Cc1ccc(C#CC(=O)C2CCCCC2)cc1. The predicted octanol–water partition coefficient (Wildman–Crippen LogP) is 3.50.